The van der Waals surface area contributed by atoms with Crippen LogP contribution >= 0.6 is 11.8 Å². The fourth-order valence-electron chi connectivity index (χ4n) is 3.37. The number of hydrogen-bond acceptors (Lipinski definition) is 4. The molecule has 3 rings (SSSR count). The van der Waals surface area contributed by atoms with Crippen LogP contribution in [0.25, 0.3) is 0 Å². The van der Waals surface area contributed by atoms with Crippen molar-refractivity contribution >= 4 is 22.8 Å². The maximum absolute atomic E-state index is 12.1. The van der Waals surface area contributed by atoms with Crippen LogP contribution in [-0.2, 0) is 9.53 Å². The molecule has 112 valence electrons. The molecule has 3 fully saturated rings. The lowest BCUT2D eigenvalue weighted by molar-refractivity contribution is -0.120. The predicted octanol–water partition coefficient (Wildman–Crippen LogP) is 2.58. The molecule has 1 atom stereocenters. The third kappa shape index (κ3) is 3.55. The maximum atomic E-state index is 12.1. The van der Waals surface area contributed by atoms with Gasteiger partial charge in [0.25, 0.3) is 0 Å². The molecular weight excluding hydrogens is 272 g/mol. The number of ether oxygens (including phenoxy) is 1. The summed E-state index contributed by atoms with van der Waals surface area (Å²) in [7, 11) is 0. The number of nitrogens with one attached hydrogen (secondary N) is 1. The van der Waals surface area contributed by atoms with Crippen LogP contribution in [0, 0.1) is 11.8 Å². The minimum Gasteiger partial charge on any atom is -0.381 e. The Kier molecular flexibility index (Phi) is 4.99. The van der Waals surface area contributed by atoms with E-state index in [9.17, 15) is 4.79 Å². The van der Waals surface area contributed by atoms with Crippen LogP contribution in [-0.4, -0.2) is 36.1 Å². The Labute approximate surface area is 125 Å². The van der Waals surface area contributed by atoms with Crippen LogP contribution in [0.1, 0.15) is 44.9 Å². The lowest BCUT2D eigenvalue weighted by atomic mass is 9.89. The molecule has 4 nitrogen and oxygen atoms in total. The van der Waals surface area contributed by atoms with Gasteiger partial charge in [-0.15, -0.1) is 0 Å². The van der Waals surface area contributed by atoms with Crippen molar-refractivity contribution in [2.45, 2.75) is 50.2 Å². The topological polar surface area (TPSA) is 50.7 Å². The molecule has 1 saturated carbocycles. The zero-order chi connectivity index (χ0) is 13.8. The molecule has 2 heterocycles. The Morgan fingerprint density at radius 2 is 1.90 bits per heavy atom. The van der Waals surface area contributed by atoms with Crippen molar-refractivity contribution in [3.63, 3.8) is 0 Å². The van der Waals surface area contributed by atoms with Crippen LogP contribution in [0.15, 0.2) is 4.99 Å². The number of amides is 1. The van der Waals surface area contributed by atoms with E-state index in [1.165, 1.54) is 32.1 Å². The van der Waals surface area contributed by atoms with Gasteiger partial charge < -0.3 is 10.1 Å². The predicted molar refractivity (Wildman–Crippen MR) is 81.9 cm³/mol. The first-order chi connectivity index (χ1) is 9.83. The Morgan fingerprint density at radius 1 is 1.15 bits per heavy atom. The van der Waals surface area contributed by atoms with E-state index >= 15 is 0 Å². The Morgan fingerprint density at radius 3 is 2.65 bits per heavy atom. The van der Waals surface area contributed by atoms with E-state index in [2.05, 4.69) is 10.3 Å². The normalized spacial score (nSPS) is 31.7. The van der Waals surface area contributed by atoms with Crippen molar-refractivity contribution in [3.8, 4) is 0 Å². The molecule has 1 amide bonds. The minimum absolute atomic E-state index is 0.0593. The van der Waals surface area contributed by atoms with Crippen molar-refractivity contribution in [2.24, 2.45) is 16.8 Å². The summed E-state index contributed by atoms with van der Waals surface area (Å²) in [6.07, 6.45) is 8.68. The minimum atomic E-state index is 0.0593. The molecule has 2 saturated heterocycles. The van der Waals surface area contributed by atoms with E-state index in [4.69, 9.17) is 4.74 Å². The van der Waals surface area contributed by atoms with Crippen LogP contribution in [0.4, 0.5) is 0 Å². The van der Waals surface area contributed by atoms with Gasteiger partial charge in [-0.05, 0) is 37.5 Å². The van der Waals surface area contributed by atoms with E-state index < -0.39 is 0 Å². The molecule has 0 aromatic heterocycles. The van der Waals surface area contributed by atoms with Gasteiger partial charge in [-0.3, -0.25) is 9.79 Å². The summed E-state index contributed by atoms with van der Waals surface area (Å²) in [5, 5.41) is 3.89. The van der Waals surface area contributed by atoms with E-state index in [0.29, 0.717) is 5.92 Å². The molecule has 0 spiro atoms. The highest BCUT2D eigenvalue weighted by Crippen LogP contribution is 2.32. The van der Waals surface area contributed by atoms with Gasteiger partial charge in [0.05, 0.1) is 5.25 Å². The largest absolute Gasteiger partial charge is 0.381 e. The lowest BCUT2D eigenvalue weighted by Crippen LogP contribution is -2.33. The molecule has 1 unspecified atom stereocenters. The molecule has 0 aromatic carbocycles. The third-order valence-corrected chi connectivity index (χ3v) is 5.95. The molecule has 3 aliphatic rings. The number of carbonyl (C=O) groups excluding carboxylic acids is 1. The summed E-state index contributed by atoms with van der Waals surface area (Å²) in [5.41, 5.74) is 0. The SMILES string of the molecule is O=C1NC(=NCC2CCCCC2)SC1C1CCOCC1. The summed E-state index contributed by atoms with van der Waals surface area (Å²) in [4.78, 5) is 16.7. The number of amidine groups is 1. The van der Waals surface area contributed by atoms with Crippen LogP contribution in [0.3, 0.4) is 0 Å². The van der Waals surface area contributed by atoms with Gasteiger partial charge in [0.2, 0.25) is 5.91 Å². The summed E-state index contributed by atoms with van der Waals surface area (Å²) >= 11 is 1.65. The summed E-state index contributed by atoms with van der Waals surface area (Å²) in [5.74, 6) is 1.34. The molecule has 20 heavy (non-hydrogen) atoms. The van der Waals surface area contributed by atoms with Gasteiger partial charge in [-0.1, -0.05) is 31.0 Å². The summed E-state index contributed by atoms with van der Waals surface area (Å²) < 4.78 is 5.38. The number of hydrogen-bond donors (Lipinski definition) is 1. The molecule has 0 bridgehead atoms. The number of nitrogens with zero attached hydrogens (tertiary/aromatic N) is 1. The van der Waals surface area contributed by atoms with Crippen molar-refractivity contribution in [1.29, 1.82) is 0 Å². The second-order valence-electron chi connectivity index (χ2n) is 6.13. The molecule has 5 heteroatoms. The first-order valence-electron chi connectivity index (χ1n) is 7.92. The second kappa shape index (κ2) is 6.94. The first-order valence-corrected chi connectivity index (χ1v) is 8.80. The third-order valence-electron chi connectivity index (χ3n) is 4.64. The first kappa shape index (κ1) is 14.4. The summed E-state index contributed by atoms with van der Waals surface area (Å²) in [6, 6.07) is 0. The van der Waals surface area contributed by atoms with Crippen LogP contribution < -0.4 is 5.32 Å². The molecule has 1 N–H and O–H groups in total. The Balaban J connectivity index is 1.52. The maximum Gasteiger partial charge on any atom is 0.239 e. The molecule has 2 aliphatic heterocycles. The van der Waals surface area contributed by atoms with Gasteiger partial charge in [0.15, 0.2) is 5.17 Å². The number of thioether (sulfide) groups is 1. The molecule has 0 radical (unpaired) electrons. The van der Waals surface area contributed by atoms with Gasteiger partial charge >= 0.3 is 0 Å². The molecule has 1 aliphatic carbocycles. The Hall–Kier alpha value is -0.550. The van der Waals surface area contributed by atoms with Gasteiger partial charge in [0.1, 0.15) is 0 Å². The van der Waals surface area contributed by atoms with Gasteiger partial charge in [-0.25, -0.2) is 0 Å². The van der Waals surface area contributed by atoms with Gasteiger partial charge in [0, 0.05) is 19.8 Å². The van der Waals surface area contributed by atoms with Crippen molar-refractivity contribution in [1.82, 2.24) is 5.32 Å². The fraction of sp³-hybridized carbons (Fsp3) is 0.867. The van der Waals surface area contributed by atoms with E-state index in [1.54, 1.807) is 11.8 Å². The monoisotopic (exact) mass is 296 g/mol. The Bertz CT molecular complexity index is 374. The second-order valence-corrected chi connectivity index (χ2v) is 7.26. The highest BCUT2D eigenvalue weighted by atomic mass is 32.2. The van der Waals surface area contributed by atoms with E-state index in [-0.39, 0.29) is 11.2 Å². The molecule has 0 aromatic rings. The summed E-state index contributed by atoms with van der Waals surface area (Å²) in [6.45, 7) is 2.48. The van der Waals surface area contributed by atoms with Crippen molar-refractivity contribution < 1.29 is 9.53 Å². The lowest BCUT2D eigenvalue weighted by Gasteiger charge is -2.24. The number of rotatable bonds is 3. The van der Waals surface area contributed by atoms with E-state index in [0.717, 1.165) is 43.7 Å². The average molecular weight is 296 g/mol. The van der Waals surface area contributed by atoms with Gasteiger partial charge in [-0.2, -0.15) is 0 Å². The standard InChI is InChI=1S/C15H24N2O2S/c18-14-13(12-6-8-19-9-7-12)20-15(17-14)16-10-11-4-2-1-3-5-11/h11-13H,1-10H2,(H,16,17,18). The zero-order valence-corrected chi connectivity index (χ0v) is 12.8. The number of carbonyl (C=O) groups is 1. The quantitative estimate of drug-likeness (QED) is 0.871. The fourth-order valence-corrected chi connectivity index (χ4v) is 4.55. The highest BCUT2D eigenvalue weighted by Gasteiger charge is 2.37. The highest BCUT2D eigenvalue weighted by molar-refractivity contribution is 8.15. The van der Waals surface area contributed by atoms with Crippen LogP contribution in [0.5, 0.6) is 0 Å². The average Bonchev–Trinajstić information content (AvgIpc) is 2.88. The zero-order valence-electron chi connectivity index (χ0n) is 12.0. The van der Waals surface area contributed by atoms with Crippen molar-refractivity contribution in [2.75, 3.05) is 19.8 Å². The van der Waals surface area contributed by atoms with Crippen LogP contribution in [0.2, 0.25) is 0 Å². The van der Waals surface area contributed by atoms with Crippen molar-refractivity contribution in [3.05, 3.63) is 0 Å². The van der Waals surface area contributed by atoms with E-state index in [1.807, 2.05) is 0 Å². The number of aliphatic imine (C=N–C) groups is 1. The molecular formula is C15H24N2O2S. The smallest absolute Gasteiger partial charge is 0.239 e.